The van der Waals surface area contributed by atoms with Gasteiger partial charge in [0.15, 0.2) is 5.52 Å². The molecule has 0 saturated heterocycles. The summed E-state index contributed by atoms with van der Waals surface area (Å²) < 4.78 is 1.88. The van der Waals surface area contributed by atoms with Crippen molar-refractivity contribution in [1.29, 1.82) is 0 Å². The number of aromatic amines is 1. The highest BCUT2D eigenvalue weighted by atomic mass is 16.3. The monoisotopic (exact) mass is 236 g/mol. The molecule has 92 valence electrons. The van der Waals surface area contributed by atoms with Crippen LogP contribution >= 0.6 is 0 Å². The van der Waals surface area contributed by atoms with E-state index in [1.165, 1.54) is 0 Å². The van der Waals surface area contributed by atoms with Crippen molar-refractivity contribution in [2.75, 3.05) is 12.3 Å². The van der Waals surface area contributed by atoms with Gasteiger partial charge in [-0.25, -0.2) is 4.98 Å². The number of fused-ring (bicyclic) bond motifs is 1. The molecule has 2 aromatic heterocycles. The van der Waals surface area contributed by atoms with E-state index < -0.39 is 0 Å². The highest BCUT2D eigenvalue weighted by molar-refractivity contribution is 5.76. The van der Waals surface area contributed by atoms with E-state index in [0.717, 1.165) is 11.9 Å². The number of imidazole rings is 1. The molecule has 4 N–H and O–H groups in total. The standard InChI is InChI=1S/C11H16N4O2/c1-7(5-16)2-3-15-6-13-10-8(15)4-9(12)14-11(10)17/h4,6-7,16H,2-3,5H2,1H3,(H3,12,14,17). The largest absolute Gasteiger partial charge is 0.396 e. The van der Waals surface area contributed by atoms with E-state index in [2.05, 4.69) is 9.97 Å². The number of aliphatic hydroxyl groups is 1. The summed E-state index contributed by atoms with van der Waals surface area (Å²) in [5.74, 6) is 0.561. The first-order valence-electron chi connectivity index (χ1n) is 5.56. The Kier molecular flexibility index (Phi) is 3.14. The maximum absolute atomic E-state index is 11.6. The van der Waals surface area contributed by atoms with E-state index in [-0.39, 0.29) is 18.1 Å². The summed E-state index contributed by atoms with van der Waals surface area (Å²) in [7, 11) is 0. The molecule has 6 nitrogen and oxygen atoms in total. The molecule has 0 aliphatic rings. The van der Waals surface area contributed by atoms with Gasteiger partial charge in [0.25, 0.3) is 5.56 Å². The fraction of sp³-hybridized carbons (Fsp3) is 0.455. The van der Waals surface area contributed by atoms with Crippen LogP contribution in [0.25, 0.3) is 11.0 Å². The van der Waals surface area contributed by atoms with Crippen LogP contribution in [0.15, 0.2) is 17.2 Å². The lowest BCUT2D eigenvalue weighted by molar-refractivity contribution is 0.226. The Morgan fingerprint density at radius 1 is 1.65 bits per heavy atom. The minimum absolute atomic E-state index is 0.162. The lowest BCUT2D eigenvalue weighted by Gasteiger charge is -2.08. The molecule has 2 rings (SSSR count). The van der Waals surface area contributed by atoms with E-state index in [1.54, 1.807) is 12.4 Å². The molecular weight excluding hydrogens is 220 g/mol. The van der Waals surface area contributed by atoms with Gasteiger partial charge in [-0.05, 0) is 12.3 Å². The maximum Gasteiger partial charge on any atom is 0.277 e. The number of nitrogen functional groups attached to an aromatic ring is 1. The summed E-state index contributed by atoms with van der Waals surface area (Å²) >= 11 is 0. The highest BCUT2D eigenvalue weighted by Crippen LogP contribution is 2.12. The van der Waals surface area contributed by atoms with Gasteiger partial charge in [-0.1, -0.05) is 6.92 Å². The molecule has 0 amide bonds. The lowest BCUT2D eigenvalue weighted by Crippen LogP contribution is -2.10. The van der Waals surface area contributed by atoms with Gasteiger partial charge in [-0.3, -0.25) is 4.79 Å². The number of nitrogens with zero attached hydrogens (tertiary/aromatic N) is 2. The quantitative estimate of drug-likeness (QED) is 0.712. The van der Waals surface area contributed by atoms with E-state index in [4.69, 9.17) is 10.8 Å². The number of rotatable bonds is 4. The normalized spacial score (nSPS) is 13.1. The number of aliphatic hydroxyl groups excluding tert-OH is 1. The number of nitrogens with one attached hydrogen (secondary N) is 1. The van der Waals surface area contributed by atoms with Crippen molar-refractivity contribution < 1.29 is 5.11 Å². The van der Waals surface area contributed by atoms with Crippen LogP contribution < -0.4 is 11.3 Å². The SMILES string of the molecule is CC(CO)CCn1cnc2c(=O)[nH]c(N)cc21. The van der Waals surface area contributed by atoms with Crippen LogP contribution in [0, 0.1) is 5.92 Å². The highest BCUT2D eigenvalue weighted by Gasteiger charge is 2.08. The zero-order valence-electron chi connectivity index (χ0n) is 9.68. The van der Waals surface area contributed by atoms with Gasteiger partial charge >= 0.3 is 0 Å². The Labute approximate surface area is 98.1 Å². The minimum atomic E-state index is -0.269. The summed E-state index contributed by atoms with van der Waals surface area (Å²) in [6, 6.07) is 1.70. The Morgan fingerprint density at radius 3 is 3.12 bits per heavy atom. The molecule has 0 aliphatic heterocycles. The smallest absolute Gasteiger partial charge is 0.277 e. The van der Waals surface area contributed by atoms with Crippen molar-refractivity contribution in [3.63, 3.8) is 0 Å². The molecule has 6 heteroatoms. The number of anilines is 1. The molecule has 2 aromatic rings. The van der Waals surface area contributed by atoms with Crippen LogP contribution in [0.4, 0.5) is 5.82 Å². The number of aromatic nitrogens is 3. The lowest BCUT2D eigenvalue weighted by atomic mass is 10.1. The number of hydrogen-bond acceptors (Lipinski definition) is 4. The number of pyridine rings is 1. The number of H-pyrrole nitrogens is 1. The van der Waals surface area contributed by atoms with Crippen LogP contribution in [0.3, 0.4) is 0 Å². The van der Waals surface area contributed by atoms with Gasteiger partial charge < -0.3 is 20.4 Å². The molecule has 0 spiro atoms. The van der Waals surface area contributed by atoms with Crippen molar-refractivity contribution in [1.82, 2.24) is 14.5 Å². The average Bonchev–Trinajstić information content (AvgIpc) is 2.69. The van der Waals surface area contributed by atoms with Crippen LogP contribution in [-0.2, 0) is 6.54 Å². The number of aryl methyl sites for hydroxylation is 1. The summed E-state index contributed by atoms with van der Waals surface area (Å²) in [4.78, 5) is 18.1. The van der Waals surface area contributed by atoms with E-state index >= 15 is 0 Å². The third-order valence-electron chi connectivity index (χ3n) is 2.82. The summed E-state index contributed by atoms with van der Waals surface area (Å²) in [6.07, 6.45) is 2.46. The third kappa shape index (κ3) is 2.31. The van der Waals surface area contributed by atoms with Crippen LogP contribution in [0.2, 0.25) is 0 Å². The molecule has 0 aliphatic carbocycles. The average molecular weight is 236 g/mol. The van der Waals surface area contributed by atoms with Crippen LogP contribution in [0.5, 0.6) is 0 Å². The molecule has 0 aromatic carbocycles. The predicted molar refractivity (Wildman–Crippen MR) is 65.6 cm³/mol. The summed E-state index contributed by atoms with van der Waals surface area (Å²) in [5.41, 5.74) is 6.46. The van der Waals surface area contributed by atoms with Crippen molar-refractivity contribution in [2.24, 2.45) is 5.92 Å². The van der Waals surface area contributed by atoms with Crippen molar-refractivity contribution in [3.8, 4) is 0 Å². The number of hydrogen-bond donors (Lipinski definition) is 3. The Bertz CT molecular complexity index is 572. The third-order valence-corrected chi connectivity index (χ3v) is 2.82. The molecular formula is C11H16N4O2. The Balaban J connectivity index is 2.33. The second kappa shape index (κ2) is 4.58. The molecule has 0 saturated carbocycles. The molecule has 2 heterocycles. The van der Waals surface area contributed by atoms with Gasteiger partial charge in [-0.2, -0.15) is 0 Å². The zero-order valence-corrected chi connectivity index (χ0v) is 9.68. The molecule has 1 atom stereocenters. The second-order valence-electron chi connectivity index (χ2n) is 4.30. The summed E-state index contributed by atoms with van der Waals surface area (Å²) in [6.45, 7) is 2.84. The summed E-state index contributed by atoms with van der Waals surface area (Å²) in [5, 5.41) is 8.97. The predicted octanol–water partition coefficient (Wildman–Crippen LogP) is 0.325. The zero-order chi connectivity index (χ0) is 12.4. The Hall–Kier alpha value is -1.82. The van der Waals surface area contributed by atoms with Crippen molar-refractivity contribution >= 4 is 16.9 Å². The topological polar surface area (TPSA) is 96.9 Å². The Morgan fingerprint density at radius 2 is 2.41 bits per heavy atom. The van der Waals surface area contributed by atoms with Gasteiger partial charge in [0, 0.05) is 19.2 Å². The van der Waals surface area contributed by atoms with Crippen molar-refractivity contribution in [3.05, 3.63) is 22.7 Å². The molecule has 0 fully saturated rings. The molecule has 17 heavy (non-hydrogen) atoms. The van der Waals surface area contributed by atoms with Gasteiger partial charge in [-0.15, -0.1) is 0 Å². The first-order valence-corrected chi connectivity index (χ1v) is 5.56. The fourth-order valence-electron chi connectivity index (χ4n) is 1.72. The van der Waals surface area contributed by atoms with Gasteiger partial charge in [0.2, 0.25) is 0 Å². The molecule has 1 unspecified atom stereocenters. The van der Waals surface area contributed by atoms with Gasteiger partial charge in [0.1, 0.15) is 5.82 Å². The molecule has 0 radical (unpaired) electrons. The first kappa shape index (κ1) is 11.7. The number of nitrogens with two attached hydrogens (primary N) is 1. The van der Waals surface area contributed by atoms with E-state index in [9.17, 15) is 4.79 Å². The minimum Gasteiger partial charge on any atom is -0.396 e. The van der Waals surface area contributed by atoms with Crippen LogP contribution in [0.1, 0.15) is 13.3 Å². The molecule has 0 bridgehead atoms. The first-order chi connectivity index (χ1) is 8.11. The maximum atomic E-state index is 11.6. The fourth-order valence-corrected chi connectivity index (χ4v) is 1.72. The van der Waals surface area contributed by atoms with Gasteiger partial charge in [0.05, 0.1) is 11.8 Å². The second-order valence-corrected chi connectivity index (χ2v) is 4.30. The van der Waals surface area contributed by atoms with E-state index in [1.807, 2.05) is 11.5 Å². The van der Waals surface area contributed by atoms with E-state index in [0.29, 0.717) is 17.9 Å². The van der Waals surface area contributed by atoms with Crippen LogP contribution in [-0.4, -0.2) is 26.2 Å². The van der Waals surface area contributed by atoms with Crippen molar-refractivity contribution in [2.45, 2.75) is 19.9 Å².